The molecule has 0 bridgehead atoms. The van der Waals surface area contributed by atoms with Crippen molar-refractivity contribution >= 4 is 5.82 Å². The number of nitrogens with zero attached hydrogens (tertiary/aromatic N) is 3. The Labute approximate surface area is 117 Å². The number of hydrogen-bond donors (Lipinski definition) is 1. The first-order valence-corrected chi connectivity index (χ1v) is 6.94. The highest BCUT2D eigenvalue weighted by Crippen LogP contribution is 2.18. The monoisotopic (exact) mass is 265 g/mol. The molecule has 0 aliphatic heterocycles. The first kappa shape index (κ1) is 15.9. The van der Waals surface area contributed by atoms with Crippen LogP contribution in [0, 0.1) is 5.92 Å². The highest BCUT2D eigenvalue weighted by Gasteiger charge is 2.12. The Morgan fingerprint density at radius 3 is 2.42 bits per heavy atom. The van der Waals surface area contributed by atoms with E-state index in [-0.39, 0.29) is 0 Å². The zero-order valence-corrected chi connectivity index (χ0v) is 12.8. The molecule has 1 atom stereocenters. The van der Waals surface area contributed by atoms with Gasteiger partial charge in [0.25, 0.3) is 0 Å². The predicted octanol–water partition coefficient (Wildman–Crippen LogP) is 2.16. The molecular weight excluding hydrogens is 238 g/mol. The van der Waals surface area contributed by atoms with E-state index >= 15 is 0 Å². The molecule has 1 heterocycles. The Hall–Kier alpha value is -1.13. The molecule has 0 aliphatic carbocycles. The zero-order valence-electron chi connectivity index (χ0n) is 12.8. The van der Waals surface area contributed by atoms with Gasteiger partial charge in [-0.25, -0.2) is 4.98 Å². The number of hydrogen-bond acceptors (Lipinski definition) is 4. The van der Waals surface area contributed by atoms with Crippen molar-refractivity contribution in [2.45, 2.75) is 26.9 Å². The lowest BCUT2D eigenvalue weighted by molar-refractivity contribution is 0.199. The van der Waals surface area contributed by atoms with Crippen LogP contribution < -0.4 is 4.90 Å². The summed E-state index contributed by atoms with van der Waals surface area (Å²) >= 11 is 0. The van der Waals surface area contributed by atoms with E-state index in [1.54, 1.807) is 13.1 Å². The third-order valence-corrected chi connectivity index (χ3v) is 2.98. The Morgan fingerprint density at radius 1 is 1.21 bits per heavy atom. The molecule has 4 nitrogen and oxygen atoms in total. The number of likely N-dealkylation sites (N-methyl/N-ethyl adjacent to an activating group) is 1. The number of aliphatic hydroxyl groups is 1. The van der Waals surface area contributed by atoms with Crippen LogP contribution in [-0.2, 0) is 0 Å². The van der Waals surface area contributed by atoms with Crippen molar-refractivity contribution in [1.29, 1.82) is 0 Å². The molecule has 0 saturated heterocycles. The van der Waals surface area contributed by atoms with Gasteiger partial charge in [0.1, 0.15) is 5.82 Å². The van der Waals surface area contributed by atoms with Gasteiger partial charge in [-0.05, 0) is 44.6 Å². The second kappa shape index (κ2) is 7.46. The van der Waals surface area contributed by atoms with Crippen LogP contribution in [0.2, 0.25) is 0 Å². The second-order valence-electron chi connectivity index (χ2n) is 5.77. The number of anilines is 1. The van der Waals surface area contributed by atoms with E-state index in [2.05, 4.69) is 42.7 Å². The summed E-state index contributed by atoms with van der Waals surface area (Å²) < 4.78 is 0. The SMILES string of the molecule is CC(C)CN(CCN(C)C)c1cc([C@H](C)O)ccn1. The largest absolute Gasteiger partial charge is 0.389 e. The maximum absolute atomic E-state index is 9.68. The van der Waals surface area contributed by atoms with Crippen LogP contribution in [0.15, 0.2) is 18.3 Å². The molecule has 1 rings (SSSR count). The number of rotatable bonds is 7. The molecule has 0 aromatic carbocycles. The van der Waals surface area contributed by atoms with E-state index in [0.717, 1.165) is 31.0 Å². The van der Waals surface area contributed by atoms with Crippen LogP contribution >= 0.6 is 0 Å². The van der Waals surface area contributed by atoms with E-state index < -0.39 is 6.10 Å². The standard InChI is InChI=1S/C15H27N3O/c1-12(2)11-18(9-8-17(4)5)15-10-14(13(3)19)6-7-16-15/h6-7,10,12-13,19H,8-9,11H2,1-5H3/t13-/m0/s1. The van der Waals surface area contributed by atoms with Crippen LogP contribution in [0.4, 0.5) is 5.82 Å². The maximum atomic E-state index is 9.68. The summed E-state index contributed by atoms with van der Waals surface area (Å²) in [5, 5.41) is 9.68. The summed E-state index contributed by atoms with van der Waals surface area (Å²) in [6, 6.07) is 3.86. The molecular formula is C15H27N3O. The Balaban J connectivity index is 2.86. The molecule has 0 spiro atoms. The molecule has 1 N–H and O–H groups in total. The topological polar surface area (TPSA) is 39.6 Å². The van der Waals surface area contributed by atoms with Gasteiger partial charge in [0, 0.05) is 25.8 Å². The van der Waals surface area contributed by atoms with Gasteiger partial charge in [-0.2, -0.15) is 0 Å². The molecule has 19 heavy (non-hydrogen) atoms. The zero-order chi connectivity index (χ0) is 14.4. The fourth-order valence-electron chi connectivity index (χ4n) is 1.93. The van der Waals surface area contributed by atoms with Crippen molar-refractivity contribution in [1.82, 2.24) is 9.88 Å². The minimum Gasteiger partial charge on any atom is -0.389 e. The van der Waals surface area contributed by atoms with E-state index in [9.17, 15) is 5.11 Å². The first-order chi connectivity index (χ1) is 8.90. The van der Waals surface area contributed by atoms with Crippen LogP contribution in [0.5, 0.6) is 0 Å². The van der Waals surface area contributed by atoms with Crippen molar-refractivity contribution in [3.8, 4) is 0 Å². The highest BCUT2D eigenvalue weighted by atomic mass is 16.3. The van der Waals surface area contributed by atoms with Crippen molar-refractivity contribution in [3.63, 3.8) is 0 Å². The van der Waals surface area contributed by atoms with Gasteiger partial charge in [-0.1, -0.05) is 13.8 Å². The third kappa shape index (κ3) is 5.57. The molecule has 108 valence electrons. The summed E-state index contributed by atoms with van der Waals surface area (Å²) in [6.07, 6.45) is 1.33. The molecule has 0 fully saturated rings. The lowest BCUT2D eigenvalue weighted by Crippen LogP contribution is -2.35. The Morgan fingerprint density at radius 2 is 1.89 bits per heavy atom. The average Bonchev–Trinajstić information content (AvgIpc) is 2.34. The van der Waals surface area contributed by atoms with E-state index in [1.165, 1.54) is 0 Å². The van der Waals surface area contributed by atoms with Gasteiger partial charge in [0.2, 0.25) is 0 Å². The molecule has 4 heteroatoms. The van der Waals surface area contributed by atoms with Crippen LogP contribution in [0.25, 0.3) is 0 Å². The van der Waals surface area contributed by atoms with Crippen LogP contribution in [-0.4, -0.2) is 48.7 Å². The van der Waals surface area contributed by atoms with Gasteiger partial charge in [-0.15, -0.1) is 0 Å². The minimum atomic E-state index is -0.448. The fourth-order valence-corrected chi connectivity index (χ4v) is 1.93. The molecule has 0 radical (unpaired) electrons. The molecule has 1 aromatic rings. The van der Waals surface area contributed by atoms with E-state index in [0.29, 0.717) is 5.92 Å². The van der Waals surface area contributed by atoms with E-state index in [4.69, 9.17) is 0 Å². The minimum absolute atomic E-state index is 0.448. The molecule has 0 unspecified atom stereocenters. The number of aliphatic hydroxyl groups excluding tert-OH is 1. The smallest absolute Gasteiger partial charge is 0.128 e. The first-order valence-electron chi connectivity index (χ1n) is 6.94. The number of aromatic nitrogens is 1. The van der Waals surface area contributed by atoms with Crippen LogP contribution in [0.1, 0.15) is 32.4 Å². The third-order valence-electron chi connectivity index (χ3n) is 2.98. The van der Waals surface area contributed by atoms with Gasteiger partial charge in [-0.3, -0.25) is 0 Å². The average molecular weight is 265 g/mol. The Bertz CT molecular complexity index is 377. The lowest BCUT2D eigenvalue weighted by Gasteiger charge is -2.27. The van der Waals surface area contributed by atoms with Crippen molar-refractivity contribution in [3.05, 3.63) is 23.9 Å². The quantitative estimate of drug-likeness (QED) is 0.820. The summed E-state index contributed by atoms with van der Waals surface area (Å²) in [4.78, 5) is 8.91. The van der Waals surface area contributed by atoms with Gasteiger partial charge >= 0.3 is 0 Å². The molecule has 1 aromatic heterocycles. The van der Waals surface area contributed by atoms with E-state index in [1.807, 2.05) is 12.1 Å². The van der Waals surface area contributed by atoms with Crippen molar-refractivity contribution in [2.75, 3.05) is 38.6 Å². The fraction of sp³-hybridized carbons (Fsp3) is 0.667. The normalized spacial score (nSPS) is 13.1. The van der Waals surface area contributed by atoms with Crippen molar-refractivity contribution in [2.24, 2.45) is 5.92 Å². The molecule has 0 amide bonds. The second-order valence-corrected chi connectivity index (χ2v) is 5.77. The molecule has 0 aliphatic rings. The summed E-state index contributed by atoms with van der Waals surface area (Å²) in [6.45, 7) is 9.12. The summed E-state index contributed by atoms with van der Waals surface area (Å²) in [5.41, 5.74) is 0.920. The summed E-state index contributed by atoms with van der Waals surface area (Å²) in [5.74, 6) is 1.54. The van der Waals surface area contributed by atoms with Crippen LogP contribution in [0.3, 0.4) is 0 Å². The van der Waals surface area contributed by atoms with Crippen molar-refractivity contribution < 1.29 is 5.11 Å². The lowest BCUT2D eigenvalue weighted by atomic mass is 10.1. The van der Waals surface area contributed by atoms with Gasteiger partial charge in [0.15, 0.2) is 0 Å². The predicted molar refractivity (Wildman–Crippen MR) is 80.5 cm³/mol. The Kier molecular flexibility index (Phi) is 6.25. The highest BCUT2D eigenvalue weighted by molar-refractivity contribution is 5.41. The maximum Gasteiger partial charge on any atom is 0.128 e. The number of pyridine rings is 1. The summed E-state index contributed by atoms with van der Waals surface area (Å²) in [7, 11) is 4.15. The van der Waals surface area contributed by atoms with Gasteiger partial charge < -0.3 is 14.9 Å². The molecule has 0 saturated carbocycles. The van der Waals surface area contributed by atoms with Gasteiger partial charge in [0.05, 0.1) is 6.10 Å².